The maximum atomic E-state index is 4.53. The summed E-state index contributed by atoms with van der Waals surface area (Å²) in [6.07, 6.45) is 1.98. The van der Waals surface area contributed by atoms with Crippen molar-refractivity contribution in [2.75, 3.05) is 45.2 Å². The highest BCUT2D eigenvalue weighted by molar-refractivity contribution is 5.39. The molecule has 88 valence electrons. The summed E-state index contributed by atoms with van der Waals surface area (Å²) in [7, 11) is 4.15. The van der Waals surface area contributed by atoms with E-state index in [1.54, 1.807) is 0 Å². The Morgan fingerprint density at radius 3 is 2.62 bits per heavy atom. The van der Waals surface area contributed by atoms with Gasteiger partial charge in [-0.25, -0.2) is 4.98 Å². The molecule has 0 atom stereocenters. The molecule has 0 aliphatic carbocycles. The molecule has 0 saturated carbocycles. The summed E-state index contributed by atoms with van der Waals surface area (Å²) in [5, 5.41) is 3.35. The van der Waals surface area contributed by atoms with Crippen molar-refractivity contribution < 1.29 is 0 Å². The van der Waals surface area contributed by atoms with Crippen molar-refractivity contribution in [2.45, 2.75) is 6.54 Å². The van der Waals surface area contributed by atoms with Gasteiger partial charge in [-0.05, 0) is 25.7 Å². The van der Waals surface area contributed by atoms with E-state index in [4.69, 9.17) is 0 Å². The van der Waals surface area contributed by atoms with Crippen LogP contribution in [0.15, 0.2) is 18.3 Å². The summed E-state index contributed by atoms with van der Waals surface area (Å²) >= 11 is 0. The van der Waals surface area contributed by atoms with Gasteiger partial charge in [-0.2, -0.15) is 0 Å². The smallest absolute Gasteiger partial charge is 0.128 e. The standard InChI is InChI=1S/C12H20N4/c1-15(2)10-11-3-4-12(14-9-11)16-7-5-13-6-8-16/h3-4,9,13H,5-8,10H2,1-2H3. The SMILES string of the molecule is CN(C)Cc1ccc(N2CCNCC2)nc1. The van der Waals surface area contributed by atoms with Crippen LogP contribution in [-0.4, -0.2) is 50.2 Å². The first-order valence-electron chi connectivity index (χ1n) is 5.81. The molecule has 0 radical (unpaired) electrons. The van der Waals surface area contributed by atoms with E-state index in [1.165, 1.54) is 5.56 Å². The molecule has 0 aromatic carbocycles. The first kappa shape index (κ1) is 11.4. The van der Waals surface area contributed by atoms with Crippen molar-refractivity contribution >= 4 is 5.82 Å². The van der Waals surface area contributed by atoms with Gasteiger partial charge < -0.3 is 15.1 Å². The lowest BCUT2D eigenvalue weighted by atomic mass is 10.2. The van der Waals surface area contributed by atoms with Crippen molar-refractivity contribution in [2.24, 2.45) is 0 Å². The molecule has 2 heterocycles. The third-order valence-corrected chi connectivity index (χ3v) is 2.75. The molecular formula is C12H20N4. The van der Waals surface area contributed by atoms with E-state index in [1.807, 2.05) is 6.20 Å². The van der Waals surface area contributed by atoms with Gasteiger partial charge in [0.25, 0.3) is 0 Å². The van der Waals surface area contributed by atoms with E-state index < -0.39 is 0 Å². The number of hydrogen-bond acceptors (Lipinski definition) is 4. The average Bonchev–Trinajstić information content (AvgIpc) is 2.30. The Hall–Kier alpha value is -1.13. The second-order valence-electron chi connectivity index (χ2n) is 4.50. The molecule has 0 bridgehead atoms. The normalized spacial score (nSPS) is 16.8. The van der Waals surface area contributed by atoms with Gasteiger partial charge >= 0.3 is 0 Å². The zero-order valence-corrected chi connectivity index (χ0v) is 10.1. The van der Waals surface area contributed by atoms with Crippen molar-refractivity contribution in [3.8, 4) is 0 Å². The van der Waals surface area contributed by atoms with Crippen LogP contribution in [0.4, 0.5) is 5.82 Å². The molecule has 2 rings (SSSR count). The Kier molecular flexibility index (Phi) is 3.74. The zero-order chi connectivity index (χ0) is 11.4. The second-order valence-corrected chi connectivity index (χ2v) is 4.50. The largest absolute Gasteiger partial charge is 0.354 e. The van der Waals surface area contributed by atoms with Gasteiger partial charge in [0, 0.05) is 38.9 Å². The number of nitrogens with one attached hydrogen (secondary N) is 1. The van der Waals surface area contributed by atoms with Crippen molar-refractivity contribution in [1.82, 2.24) is 15.2 Å². The van der Waals surface area contributed by atoms with E-state index >= 15 is 0 Å². The predicted molar refractivity (Wildman–Crippen MR) is 66.7 cm³/mol. The molecule has 4 nitrogen and oxygen atoms in total. The molecular weight excluding hydrogens is 200 g/mol. The number of rotatable bonds is 3. The minimum Gasteiger partial charge on any atom is -0.354 e. The van der Waals surface area contributed by atoms with Crippen molar-refractivity contribution in [3.05, 3.63) is 23.9 Å². The Morgan fingerprint density at radius 1 is 1.31 bits per heavy atom. The summed E-state index contributed by atoms with van der Waals surface area (Å²) in [6, 6.07) is 4.30. The van der Waals surface area contributed by atoms with E-state index in [-0.39, 0.29) is 0 Å². The predicted octanol–water partition coefficient (Wildman–Crippen LogP) is 0.553. The average molecular weight is 220 g/mol. The van der Waals surface area contributed by atoms with Crippen LogP contribution in [0.1, 0.15) is 5.56 Å². The summed E-state index contributed by atoms with van der Waals surface area (Å²) < 4.78 is 0. The minimum atomic E-state index is 0.953. The van der Waals surface area contributed by atoms with Crippen LogP contribution in [-0.2, 0) is 6.54 Å². The van der Waals surface area contributed by atoms with Gasteiger partial charge in [-0.3, -0.25) is 0 Å². The molecule has 1 aromatic rings. The number of hydrogen-bond donors (Lipinski definition) is 1. The highest BCUT2D eigenvalue weighted by Gasteiger charge is 2.10. The van der Waals surface area contributed by atoms with E-state index in [2.05, 4.69) is 46.3 Å². The monoisotopic (exact) mass is 220 g/mol. The molecule has 16 heavy (non-hydrogen) atoms. The fraction of sp³-hybridized carbons (Fsp3) is 0.583. The highest BCUT2D eigenvalue weighted by Crippen LogP contribution is 2.12. The number of piperazine rings is 1. The maximum Gasteiger partial charge on any atom is 0.128 e. The summed E-state index contributed by atoms with van der Waals surface area (Å²) in [5.74, 6) is 1.10. The summed E-state index contributed by atoms with van der Waals surface area (Å²) in [4.78, 5) is 9.01. The molecule has 1 saturated heterocycles. The number of pyridine rings is 1. The third kappa shape index (κ3) is 2.93. The van der Waals surface area contributed by atoms with Gasteiger partial charge in [0.05, 0.1) is 0 Å². The van der Waals surface area contributed by atoms with Crippen molar-refractivity contribution in [1.29, 1.82) is 0 Å². The quantitative estimate of drug-likeness (QED) is 0.806. The Morgan fingerprint density at radius 2 is 2.06 bits per heavy atom. The van der Waals surface area contributed by atoms with Crippen LogP contribution < -0.4 is 10.2 Å². The molecule has 1 fully saturated rings. The molecule has 1 N–H and O–H groups in total. The number of nitrogens with zero attached hydrogens (tertiary/aromatic N) is 3. The van der Waals surface area contributed by atoms with Crippen LogP contribution in [0.25, 0.3) is 0 Å². The van der Waals surface area contributed by atoms with Gasteiger partial charge in [0.15, 0.2) is 0 Å². The maximum absolute atomic E-state index is 4.53. The Balaban J connectivity index is 2.00. The first-order valence-corrected chi connectivity index (χ1v) is 5.81. The zero-order valence-electron chi connectivity index (χ0n) is 10.1. The first-order chi connectivity index (χ1) is 7.75. The van der Waals surface area contributed by atoms with Gasteiger partial charge in [-0.15, -0.1) is 0 Å². The van der Waals surface area contributed by atoms with Gasteiger partial charge in [-0.1, -0.05) is 6.07 Å². The van der Waals surface area contributed by atoms with Crippen LogP contribution in [0.3, 0.4) is 0 Å². The molecule has 0 unspecified atom stereocenters. The number of anilines is 1. The molecule has 1 aromatic heterocycles. The molecule has 1 aliphatic rings. The third-order valence-electron chi connectivity index (χ3n) is 2.75. The van der Waals surface area contributed by atoms with Gasteiger partial charge in [0.2, 0.25) is 0 Å². The lowest BCUT2D eigenvalue weighted by molar-refractivity contribution is 0.402. The van der Waals surface area contributed by atoms with E-state index in [0.29, 0.717) is 0 Å². The minimum absolute atomic E-state index is 0.953. The fourth-order valence-electron chi connectivity index (χ4n) is 1.96. The second kappa shape index (κ2) is 5.27. The summed E-state index contributed by atoms with van der Waals surface area (Å²) in [5.41, 5.74) is 1.27. The van der Waals surface area contributed by atoms with Crippen LogP contribution >= 0.6 is 0 Å². The molecule has 4 heteroatoms. The molecule has 1 aliphatic heterocycles. The summed E-state index contributed by atoms with van der Waals surface area (Å²) in [6.45, 7) is 5.18. The lowest BCUT2D eigenvalue weighted by Gasteiger charge is -2.28. The van der Waals surface area contributed by atoms with Gasteiger partial charge in [0.1, 0.15) is 5.82 Å². The highest BCUT2D eigenvalue weighted by atomic mass is 15.2. The molecule has 0 spiro atoms. The van der Waals surface area contributed by atoms with Crippen LogP contribution in [0.2, 0.25) is 0 Å². The van der Waals surface area contributed by atoms with Crippen LogP contribution in [0.5, 0.6) is 0 Å². The molecule has 0 amide bonds. The number of aromatic nitrogens is 1. The fourth-order valence-corrected chi connectivity index (χ4v) is 1.96. The van der Waals surface area contributed by atoms with E-state index in [0.717, 1.165) is 38.5 Å². The van der Waals surface area contributed by atoms with Crippen LogP contribution in [0, 0.1) is 0 Å². The van der Waals surface area contributed by atoms with Crippen molar-refractivity contribution in [3.63, 3.8) is 0 Å². The van der Waals surface area contributed by atoms with E-state index in [9.17, 15) is 0 Å². The Bertz CT molecular complexity index is 314. The Labute approximate surface area is 97.3 Å². The lowest BCUT2D eigenvalue weighted by Crippen LogP contribution is -2.43. The topological polar surface area (TPSA) is 31.4 Å².